The molecule has 0 aliphatic rings. The highest BCUT2D eigenvalue weighted by Gasteiger charge is 2.05. The number of nitrogens with zero attached hydrogens (tertiary/aromatic N) is 2. The lowest BCUT2D eigenvalue weighted by Gasteiger charge is -1.99. The van der Waals surface area contributed by atoms with Crippen LogP contribution in [0.4, 0.5) is 4.79 Å². The second kappa shape index (κ2) is 2.78. The maximum atomic E-state index is 10.9. The molecule has 11 heavy (non-hydrogen) atoms. The summed E-state index contributed by atoms with van der Waals surface area (Å²) in [5.41, 5.74) is 1.57. The Morgan fingerprint density at radius 2 is 2.36 bits per heavy atom. The zero-order valence-corrected chi connectivity index (χ0v) is 6.46. The largest absolute Gasteiger partial charge is 0.390 e. The van der Waals surface area contributed by atoms with Crippen LogP contribution < -0.4 is 5.23 Å². The monoisotopic (exact) mass is 149 g/mol. The summed E-state index contributed by atoms with van der Waals surface area (Å²) in [7, 11) is 4.92. The number of aryl methyl sites for hydroxylation is 2. The number of amides is 1. The maximum Gasteiger partial charge on any atom is 0.329 e. The highest BCUT2D eigenvalue weighted by Crippen LogP contribution is 1.99. The lowest BCUT2D eigenvalue weighted by molar-refractivity contribution is 0.244. The summed E-state index contributed by atoms with van der Waals surface area (Å²) in [4.78, 5) is 10.9. The third-order valence-electron chi connectivity index (χ3n) is 1.33. The molecule has 2 radical (unpaired) electrons. The molecule has 1 aromatic heterocycles. The first-order valence-electron chi connectivity index (χ1n) is 3.19. The fraction of sp³-hybridized carbons (Fsp3) is 0.333. The zero-order chi connectivity index (χ0) is 8.43. The SMILES string of the molecule is [B]NC(=O)n1nc(C)cc1C. The molecule has 56 valence electrons. The van der Waals surface area contributed by atoms with Crippen molar-refractivity contribution < 1.29 is 4.79 Å². The Bertz CT molecular complexity index is 281. The van der Waals surface area contributed by atoms with Gasteiger partial charge in [-0.3, -0.25) is 0 Å². The van der Waals surface area contributed by atoms with Gasteiger partial charge in [0.25, 0.3) is 0 Å². The van der Waals surface area contributed by atoms with E-state index in [1.54, 1.807) is 13.0 Å². The summed E-state index contributed by atoms with van der Waals surface area (Å²) in [6.07, 6.45) is 0. The number of nitrogens with one attached hydrogen (secondary N) is 1. The molecule has 5 heteroatoms. The Morgan fingerprint density at radius 3 is 2.73 bits per heavy atom. The summed E-state index contributed by atoms with van der Waals surface area (Å²) in [6, 6.07) is 1.38. The van der Waals surface area contributed by atoms with Crippen molar-refractivity contribution >= 4 is 14.0 Å². The van der Waals surface area contributed by atoms with Crippen LogP contribution in [-0.2, 0) is 0 Å². The topological polar surface area (TPSA) is 46.9 Å². The number of hydrogen-bond donors (Lipinski definition) is 1. The van der Waals surface area contributed by atoms with E-state index in [2.05, 4.69) is 5.10 Å². The van der Waals surface area contributed by atoms with E-state index in [-0.39, 0.29) is 0 Å². The molecule has 0 saturated carbocycles. The number of aromatic nitrogens is 2. The molecule has 1 aromatic rings. The molecule has 0 spiro atoms. The van der Waals surface area contributed by atoms with Gasteiger partial charge >= 0.3 is 6.03 Å². The van der Waals surface area contributed by atoms with E-state index in [1.807, 2.05) is 12.2 Å². The Hall–Kier alpha value is -1.26. The van der Waals surface area contributed by atoms with Crippen molar-refractivity contribution in [2.45, 2.75) is 13.8 Å². The Kier molecular flexibility index (Phi) is 1.98. The van der Waals surface area contributed by atoms with Crippen molar-refractivity contribution in [3.05, 3.63) is 17.5 Å². The van der Waals surface area contributed by atoms with Crippen LogP contribution in [0.1, 0.15) is 11.4 Å². The van der Waals surface area contributed by atoms with Crippen molar-refractivity contribution in [2.75, 3.05) is 0 Å². The average Bonchev–Trinajstić information content (AvgIpc) is 2.28. The average molecular weight is 149 g/mol. The molecule has 4 nitrogen and oxygen atoms in total. The van der Waals surface area contributed by atoms with Gasteiger partial charge in [0.2, 0.25) is 7.98 Å². The summed E-state index contributed by atoms with van der Waals surface area (Å²) in [5.74, 6) is 0. The Labute approximate surface area is 66.0 Å². The molecule has 0 atom stereocenters. The van der Waals surface area contributed by atoms with Crippen LogP contribution in [0.5, 0.6) is 0 Å². The van der Waals surface area contributed by atoms with Gasteiger partial charge in [-0.05, 0) is 19.9 Å². The van der Waals surface area contributed by atoms with Crippen molar-refractivity contribution in [2.24, 2.45) is 0 Å². The molecule has 1 amide bonds. The van der Waals surface area contributed by atoms with Gasteiger partial charge < -0.3 is 5.23 Å². The fourth-order valence-electron chi connectivity index (χ4n) is 0.896. The molecule has 0 aliphatic heterocycles. The van der Waals surface area contributed by atoms with Crippen LogP contribution in [0.15, 0.2) is 6.07 Å². The van der Waals surface area contributed by atoms with Gasteiger partial charge in [-0.1, -0.05) is 0 Å². The quantitative estimate of drug-likeness (QED) is 0.533. The predicted molar refractivity (Wildman–Crippen MR) is 41.4 cm³/mol. The zero-order valence-electron chi connectivity index (χ0n) is 6.46. The van der Waals surface area contributed by atoms with Gasteiger partial charge in [0.15, 0.2) is 0 Å². The van der Waals surface area contributed by atoms with E-state index in [1.165, 1.54) is 4.68 Å². The van der Waals surface area contributed by atoms with Crippen LogP contribution in [0.2, 0.25) is 0 Å². The van der Waals surface area contributed by atoms with E-state index >= 15 is 0 Å². The van der Waals surface area contributed by atoms with Gasteiger partial charge in [-0.15, -0.1) is 0 Å². The molecule has 0 unspecified atom stereocenters. The molecular weight excluding hydrogens is 141 g/mol. The summed E-state index contributed by atoms with van der Waals surface area (Å²) in [5, 5.41) is 5.90. The molecule has 1 heterocycles. The minimum absolute atomic E-state index is 0.421. The third kappa shape index (κ3) is 1.42. The fourth-order valence-corrected chi connectivity index (χ4v) is 0.896. The van der Waals surface area contributed by atoms with Crippen molar-refractivity contribution in [3.63, 3.8) is 0 Å². The van der Waals surface area contributed by atoms with Crippen molar-refractivity contribution in [1.29, 1.82) is 0 Å². The van der Waals surface area contributed by atoms with Crippen LogP contribution in [-0.4, -0.2) is 23.8 Å². The van der Waals surface area contributed by atoms with Crippen LogP contribution in [0, 0.1) is 13.8 Å². The first-order valence-corrected chi connectivity index (χ1v) is 3.19. The smallest absolute Gasteiger partial charge is 0.329 e. The first kappa shape index (κ1) is 7.85. The van der Waals surface area contributed by atoms with Crippen LogP contribution >= 0.6 is 0 Å². The number of hydrogen-bond acceptors (Lipinski definition) is 2. The minimum Gasteiger partial charge on any atom is -0.390 e. The third-order valence-corrected chi connectivity index (χ3v) is 1.33. The number of carbonyl (C=O) groups is 1. The summed E-state index contributed by atoms with van der Waals surface area (Å²) >= 11 is 0. The van der Waals surface area contributed by atoms with Gasteiger partial charge in [-0.2, -0.15) is 9.78 Å². The summed E-state index contributed by atoms with van der Waals surface area (Å²) < 4.78 is 1.22. The van der Waals surface area contributed by atoms with Crippen LogP contribution in [0.25, 0.3) is 0 Å². The molecule has 0 aliphatic carbocycles. The van der Waals surface area contributed by atoms with E-state index in [4.69, 9.17) is 7.98 Å². The summed E-state index contributed by atoms with van der Waals surface area (Å²) in [6.45, 7) is 3.60. The Balaban J connectivity index is 3.03. The van der Waals surface area contributed by atoms with E-state index in [0.29, 0.717) is 0 Å². The van der Waals surface area contributed by atoms with Gasteiger partial charge in [0, 0.05) is 5.69 Å². The van der Waals surface area contributed by atoms with Crippen LogP contribution in [0.3, 0.4) is 0 Å². The highest BCUT2D eigenvalue weighted by molar-refractivity contribution is 6.14. The van der Waals surface area contributed by atoms with Gasteiger partial charge in [-0.25, -0.2) is 4.79 Å². The molecular formula is C6H8BN3O. The molecule has 0 saturated heterocycles. The predicted octanol–water partition coefficient (Wildman–Crippen LogP) is 0.141. The highest BCUT2D eigenvalue weighted by atomic mass is 16.2. The standard InChI is InChI=1S/C6H8BN3O/c1-4-3-5(2)10(9-4)6(11)8-7/h3H,1-2H3,(H,8,11). The van der Waals surface area contributed by atoms with Gasteiger partial charge in [0.1, 0.15) is 0 Å². The molecule has 0 aromatic carbocycles. The first-order chi connectivity index (χ1) is 5.15. The van der Waals surface area contributed by atoms with Gasteiger partial charge in [0.05, 0.1) is 5.69 Å². The van der Waals surface area contributed by atoms with Crippen molar-refractivity contribution in [3.8, 4) is 0 Å². The maximum absolute atomic E-state index is 10.9. The van der Waals surface area contributed by atoms with E-state index in [9.17, 15) is 4.79 Å². The molecule has 0 bridgehead atoms. The molecule has 1 N–H and O–H groups in total. The molecule has 1 rings (SSSR count). The molecule has 0 fully saturated rings. The Morgan fingerprint density at radius 1 is 1.73 bits per heavy atom. The lowest BCUT2D eigenvalue weighted by Crippen LogP contribution is -2.27. The number of rotatable bonds is 0. The normalized spacial score (nSPS) is 9.64. The lowest BCUT2D eigenvalue weighted by atomic mass is 10.4. The van der Waals surface area contributed by atoms with E-state index < -0.39 is 6.03 Å². The minimum atomic E-state index is -0.421. The van der Waals surface area contributed by atoms with Crippen molar-refractivity contribution in [1.82, 2.24) is 15.0 Å². The second-order valence-electron chi connectivity index (χ2n) is 2.29. The number of carbonyl (C=O) groups excluding carboxylic acids is 1. The second-order valence-corrected chi connectivity index (χ2v) is 2.29. The van der Waals surface area contributed by atoms with E-state index in [0.717, 1.165) is 11.4 Å².